The first-order valence-electron chi connectivity index (χ1n) is 11.4. The highest BCUT2D eigenvalue weighted by atomic mass is 35.5. The van der Waals surface area contributed by atoms with E-state index in [2.05, 4.69) is 22.2 Å². The van der Waals surface area contributed by atoms with Crippen LogP contribution in [0, 0.1) is 24.2 Å². The molecule has 6 nitrogen and oxygen atoms in total. The van der Waals surface area contributed by atoms with Gasteiger partial charge >= 0.3 is 6.61 Å². The molecule has 0 aliphatic heterocycles. The van der Waals surface area contributed by atoms with Crippen LogP contribution in [0.4, 0.5) is 8.78 Å². The van der Waals surface area contributed by atoms with Crippen molar-refractivity contribution in [1.29, 1.82) is 0 Å². The molecule has 9 heteroatoms. The fourth-order valence-corrected chi connectivity index (χ4v) is 4.62. The number of carbonyl (C=O) groups excluding carboxylic acids is 1. The number of aryl methyl sites for hydroxylation is 1. The topological polar surface area (TPSA) is 69.0 Å². The summed E-state index contributed by atoms with van der Waals surface area (Å²) in [6.45, 7) is 7.56. The Hall–Kier alpha value is -2.22. The highest BCUT2D eigenvalue weighted by Crippen LogP contribution is 2.32. The fourth-order valence-electron chi connectivity index (χ4n) is 4.29. The first kappa shape index (κ1) is 25.4. The maximum atomic E-state index is 13.1. The molecule has 1 aliphatic carbocycles. The second-order valence-electron chi connectivity index (χ2n) is 10.3. The number of nitrogens with zero attached hydrogens (tertiary/aromatic N) is 3. The molecule has 2 aromatic rings. The zero-order valence-electron chi connectivity index (χ0n) is 19.9. The predicted molar refractivity (Wildman–Crippen MR) is 124 cm³/mol. The van der Waals surface area contributed by atoms with Gasteiger partial charge in [0, 0.05) is 12.7 Å². The lowest BCUT2D eigenvalue weighted by atomic mass is 9.83. The Morgan fingerprint density at radius 3 is 2.58 bits per heavy atom. The molecule has 0 saturated heterocycles. The van der Waals surface area contributed by atoms with Crippen molar-refractivity contribution in [2.24, 2.45) is 17.3 Å². The molecule has 1 aliphatic rings. The smallest absolute Gasteiger partial charge is 0.387 e. The van der Waals surface area contributed by atoms with Gasteiger partial charge in [-0.1, -0.05) is 52.1 Å². The van der Waals surface area contributed by atoms with Gasteiger partial charge in [0.15, 0.2) is 17.3 Å². The summed E-state index contributed by atoms with van der Waals surface area (Å²) >= 11 is 6.51. The maximum absolute atomic E-state index is 13.1. The molecule has 0 bridgehead atoms. The van der Waals surface area contributed by atoms with Crippen LogP contribution in [-0.2, 0) is 6.42 Å². The largest absolute Gasteiger partial charge is 0.431 e. The van der Waals surface area contributed by atoms with Crippen molar-refractivity contribution >= 4 is 17.5 Å². The molecule has 0 radical (unpaired) electrons. The molecular weight excluding hydrogens is 450 g/mol. The van der Waals surface area contributed by atoms with Crippen LogP contribution in [-0.4, -0.2) is 33.6 Å². The summed E-state index contributed by atoms with van der Waals surface area (Å²) < 4.78 is 32.4. The molecule has 182 valence electrons. The molecule has 0 unspecified atom stereocenters. The molecule has 2 aromatic heterocycles. The minimum atomic E-state index is -3.03. The quantitative estimate of drug-likeness (QED) is 0.527. The summed E-state index contributed by atoms with van der Waals surface area (Å²) in [5.41, 5.74) is 0.743. The molecular formula is C24H33ClF2N4O2. The van der Waals surface area contributed by atoms with Crippen LogP contribution < -0.4 is 10.1 Å². The highest BCUT2D eigenvalue weighted by molar-refractivity contribution is 6.32. The Labute approximate surface area is 199 Å². The van der Waals surface area contributed by atoms with Crippen LogP contribution in [0.25, 0.3) is 5.82 Å². The van der Waals surface area contributed by atoms with E-state index in [1.54, 1.807) is 19.2 Å². The van der Waals surface area contributed by atoms with E-state index in [4.69, 9.17) is 16.3 Å². The van der Waals surface area contributed by atoms with E-state index in [1.165, 1.54) is 17.4 Å². The molecule has 0 aromatic carbocycles. The lowest BCUT2D eigenvalue weighted by molar-refractivity contribution is -0.0501. The summed E-state index contributed by atoms with van der Waals surface area (Å²) in [7, 11) is 0. The van der Waals surface area contributed by atoms with Crippen molar-refractivity contribution in [1.82, 2.24) is 19.9 Å². The Balaban J connectivity index is 1.85. The average Bonchev–Trinajstić information content (AvgIpc) is 3.00. The molecule has 3 rings (SSSR count). The third-order valence-corrected chi connectivity index (χ3v) is 6.29. The second-order valence-corrected chi connectivity index (χ2v) is 10.6. The summed E-state index contributed by atoms with van der Waals surface area (Å²) in [5, 5.41) is 2.94. The number of carbonyl (C=O) groups is 1. The van der Waals surface area contributed by atoms with Crippen LogP contribution in [0.1, 0.15) is 75.3 Å². The Bertz CT molecular complexity index is 980. The van der Waals surface area contributed by atoms with E-state index in [1.807, 2.05) is 20.8 Å². The number of amides is 1. The van der Waals surface area contributed by atoms with Crippen LogP contribution in [0.5, 0.6) is 5.75 Å². The molecule has 1 fully saturated rings. The first-order chi connectivity index (χ1) is 15.4. The SMILES string of the molecule is Cc1nc(C(=O)NCC2CCC(C)CC2)c(Cl)n1-c1ncc(CC(C)(C)C)cc1OC(F)F. The van der Waals surface area contributed by atoms with Gasteiger partial charge in [-0.15, -0.1) is 0 Å². The molecule has 33 heavy (non-hydrogen) atoms. The highest BCUT2D eigenvalue weighted by Gasteiger charge is 2.26. The Kier molecular flexibility index (Phi) is 7.98. The number of alkyl halides is 2. The number of aromatic nitrogens is 3. The van der Waals surface area contributed by atoms with Gasteiger partial charge in [0.2, 0.25) is 0 Å². The molecule has 1 amide bonds. The standard InChI is InChI=1S/C24H33ClF2N4O2/c1-14-6-8-16(9-7-14)12-29-22(32)19-20(25)31(15(2)30-19)21-18(33-23(26)27)10-17(13-28-21)11-24(3,4)5/h10,13-14,16,23H,6-9,11-12H2,1-5H3,(H,29,32). The van der Waals surface area contributed by atoms with Crippen molar-refractivity contribution in [2.75, 3.05) is 6.54 Å². The van der Waals surface area contributed by atoms with E-state index in [9.17, 15) is 13.6 Å². The van der Waals surface area contributed by atoms with E-state index < -0.39 is 6.61 Å². The lowest BCUT2D eigenvalue weighted by Gasteiger charge is -2.26. The summed E-state index contributed by atoms with van der Waals surface area (Å²) in [4.78, 5) is 21.5. The average molecular weight is 483 g/mol. The van der Waals surface area contributed by atoms with Crippen molar-refractivity contribution in [3.05, 3.63) is 34.5 Å². The summed E-state index contributed by atoms with van der Waals surface area (Å²) in [5.74, 6) is 1.10. The normalized spacial score (nSPS) is 19.1. The van der Waals surface area contributed by atoms with Gasteiger partial charge < -0.3 is 10.1 Å². The number of rotatable bonds is 7. The third-order valence-electron chi connectivity index (χ3n) is 5.94. The van der Waals surface area contributed by atoms with Crippen LogP contribution in [0.3, 0.4) is 0 Å². The van der Waals surface area contributed by atoms with Gasteiger partial charge in [-0.05, 0) is 55.1 Å². The molecule has 1 N–H and O–H groups in total. The number of nitrogens with one attached hydrogen (secondary N) is 1. The molecule has 2 heterocycles. The zero-order chi connectivity index (χ0) is 24.3. The number of halogens is 3. The minimum absolute atomic E-state index is 0.0115. The Morgan fingerprint density at radius 2 is 1.97 bits per heavy atom. The van der Waals surface area contributed by atoms with Crippen molar-refractivity contribution in [3.8, 4) is 11.6 Å². The van der Waals surface area contributed by atoms with E-state index in [-0.39, 0.29) is 33.7 Å². The van der Waals surface area contributed by atoms with Crippen molar-refractivity contribution < 1.29 is 18.3 Å². The molecule has 0 atom stereocenters. The molecule has 0 spiro atoms. The summed E-state index contributed by atoms with van der Waals surface area (Å²) in [6, 6.07) is 1.54. The third kappa shape index (κ3) is 6.65. The Morgan fingerprint density at radius 1 is 1.30 bits per heavy atom. The summed E-state index contributed by atoms with van der Waals surface area (Å²) in [6.07, 6.45) is 6.74. The van der Waals surface area contributed by atoms with Gasteiger partial charge in [-0.25, -0.2) is 9.97 Å². The first-order valence-corrected chi connectivity index (χ1v) is 11.8. The minimum Gasteiger partial charge on any atom is -0.431 e. The van der Waals surface area contributed by atoms with Crippen molar-refractivity contribution in [3.63, 3.8) is 0 Å². The van der Waals surface area contributed by atoms with Crippen LogP contribution in [0.2, 0.25) is 5.15 Å². The number of ether oxygens (including phenoxy) is 1. The number of imidazole rings is 1. The van der Waals surface area contributed by atoms with Gasteiger partial charge in [-0.3, -0.25) is 9.36 Å². The monoisotopic (exact) mass is 482 g/mol. The fraction of sp³-hybridized carbons (Fsp3) is 0.625. The maximum Gasteiger partial charge on any atom is 0.387 e. The van der Waals surface area contributed by atoms with E-state index in [0.29, 0.717) is 24.7 Å². The van der Waals surface area contributed by atoms with Gasteiger partial charge in [0.1, 0.15) is 11.0 Å². The van der Waals surface area contributed by atoms with Crippen LogP contribution >= 0.6 is 11.6 Å². The number of hydrogen-bond acceptors (Lipinski definition) is 4. The van der Waals surface area contributed by atoms with E-state index in [0.717, 1.165) is 24.3 Å². The second kappa shape index (κ2) is 10.4. The van der Waals surface area contributed by atoms with Gasteiger partial charge in [0.25, 0.3) is 5.91 Å². The molecule has 1 saturated carbocycles. The number of pyridine rings is 1. The van der Waals surface area contributed by atoms with Crippen molar-refractivity contribution in [2.45, 2.75) is 73.3 Å². The van der Waals surface area contributed by atoms with Gasteiger partial charge in [-0.2, -0.15) is 8.78 Å². The zero-order valence-corrected chi connectivity index (χ0v) is 20.7. The predicted octanol–water partition coefficient (Wildman–Crippen LogP) is 5.98. The van der Waals surface area contributed by atoms with Crippen LogP contribution in [0.15, 0.2) is 12.3 Å². The lowest BCUT2D eigenvalue weighted by Crippen LogP contribution is -2.31. The number of hydrogen-bond donors (Lipinski definition) is 1. The van der Waals surface area contributed by atoms with E-state index >= 15 is 0 Å². The van der Waals surface area contributed by atoms with Gasteiger partial charge in [0.05, 0.1) is 0 Å².